The number of benzene rings is 2. The van der Waals surface area contributed by atoms with E-state index in [9.17, 15) is 8.42 Å². The molecule has 0 N–H and O–H groups in total. The summed E-state index contributed by atoms with van der Waals surface area (Å²) >= 11 is 6.36. The molecule has 0 aliphatic heterocycles. The zero-order valence-corrected chi connectivity index (χ0v) is 19.7. The quantitative estimate of drug-likeness (QED) is 0.388. The molecule has 0 atom stereocenters. The standard InChI is InChI=1S/C26H29ClN2O2S/c27-26-16-8-7-12-23(26)20-28-18-9-15-25(28)21-29(24-13-5-2-6-14-24)32(30,31)19-17-22-10-3-1-4-11-22/h1,3-4,7-12,15-19,24H,2,5-6,13-14,20-21H2/b19-17+. The molecule has 168 valence electrons. The second kappa shape index (κ2) is 10.5. The Morgan fingerprint density at radius 3 is 2.41 bits per heavy atom. The van der Waals surface area contributed by atoms with Crippen molar-refractivity contribution in [1.29, 1.82) is 0 Å². The summed E-state index contributed by atoms with van der Waals surface area (Å²) in [6.07, 6.45) is 8.80. The lowest BCUT2D eigenvalue weighted by Crippen LogP contribution is -2.40. The van der Waals surface area contributed by atoms with Crippen molar-refractivity contribution >= 4 is 27.7 Å². The molecule has 6 heteroatoms. The van der Waals surface area contributed by atoms with Gasteiger partial charge in [-0.25, -0.2) is 8.42 Å². The lowest BCUT2D eigenvalue weighted by Gasteiger charge is -2.32. The highest BCUT2D eigenvalue weighted by Crippen LogP contribution is 2.28. The van der Waals surface area contributed by atoms with Gasteiger partial charge in [0.1, 0.15) is 0 Å². The summed E-state index contributed by atoms with van der Waals surface area (Å²) in [5, 5.41) is 2.08. The molecule has 1 aromatic heterocycles. The molecule has 0 amide bonds. The maximum atomic E-state index is 13.5. The first-order chi connectivity index (χ1) is 15.5. The lowest BCUT2D eigenvalue weighted by atomic mass is 9.95. The minimum Gasteiger partial charge on any atom is -0.346 e. The monoisotopic (exact) mass is 468 g/mol. The van der Waals surface area contributed by atoms with Gasteiger partial charge in [-0.2, -0.15) is 4.31 Å². The van der Waals surface area contributed by atoms with Gasteiger partial charge >= 0.3 is 0 Å². The highest BCUT2D eigenvalue weighted by atomic mass is 35.5. The lowest BCUT2D eigenvalue weighted by molar-refractivity contribution is 0.246. The molecular formula is C26H29ClN2O2S. The van der Waals surface area contributed by atoms with Gasteiger partial charge in [0, 0.05) is 34.9 Å². The maximum absolute atomic E-state index is 13.5. The van der Waals surface area contributed by atoms with Crippen LogP contribution in [0.15, 0.2) is 78.3 Å². The molecule has 1 aliphatic rings. The molecule has 4 nitrogen and oxygen atoms in total. The van der Waals surface area contributed by atoms with Gasteiger partial charge in [-0.3, -0.25) is 0 Å². The average molecular weight is 469 g/mol. The fourth-order valence-electron chi connectivity index (χ4n) is 4.32. The van der Waals surface area contributed by atoms with E-state index in [1.165, 1.54) is 11.8 Å². The molecule has 32 heavy (non-hydrogen) atoms. The first kappa shape index (κ1) is 22.8. The van der Waals surface area contributed by atoms with E-state index in [0.717, 1.165) is 47.5 Å². The summed E-state index contributed by atoms with van der Waals surface area (Å²) in [5.74, 6) is 0. The number of halogens is 1. The second-order valence-electron chi connectivity index (χ2n) is 8.31. The number of hydrogen-bond acceptors (Lipinski definition) is 2. The Kier molecular flexibility index (Phi) is 7.51. The van der Waals surface area contributed by atoms with Gasteiger partial charge in [-0.05, 0) is 48.2 Å². The smallest absolute Gasteiger partial charge is 0.236 e. The summed E-state index contributed by atoms with van der Waals surface area (Å²) in [4.78, 5) is 0. The molecule has 1 heterocycles. The number of hydrogen-bond donors (Lipinski definition) is 0. The SMILES string of the molecule is O=S(=O)(/C=C/c1ccccc1)N(Cc1cccn1Cc1ccccc1Cl)C1CCCCC1. The van der Waals surface area contributed by atoms with Gasteiger partial charge in [0.2, 0.25) is 10.0 Å². The number of aromatic nitrogens is 1. The summed E-state index contributed by atoms with van der Waals surface area (Å²) in [5.41, 5.74) is 2.86. The Bertz CT molecular complexity index is 1150. The summed E-state index contributed by atoms with van der Waals surface area (Å²) < 4.78 is 30.7. The molecule has 1 saturated carbocycles. The minimum atomic E-state index is -3.58. The first-order valence-electron chi connectivity index (χ1n) is 11.2. The normalized spacial score (nSPS) is 15.6. The molecule has 1 aliphatic carbocycles. The van der Waals surface area contributed by atoms with Crippen LogP contribution in [0.5, 0.6) is 0 Å². The highest BCUT2D eigenvalue weighted by molar-refractivity contribution is 7.92. The topological polar surface area (TPSA) is 42.3 Å². The Morgan fingerprint density at radius 2 is 1.66 bits per heavy atom. The molecule has 0 radical (unpaired) electrons. The number of rotatable bonds is 8. The van der Waals surface area contributed by atoms with Crippen molar-refractivity contribution in [3.8, 4) is 0 Å². The van der Waals surface area contributed by atoms with Crippen LogP contribution in [0, 0.1) is 0 Å². The van der Waals surface area contributed by atoms with Gasteiger partial charge in [0.05, 0.1) is 6.54 Å². The van der Waals surface area contributed by atoms with Crippen LogP contribution in [-0.4, -0.2) is 23.3 Å². The van der Waals surface area contributed by atoms with Crippen molar-refractivity contribution in [2.45, 2.75) is 51.2 Å². The third-order valence-corrected chi connectivity index (χ3v) is 8.01. The zero-order chi connectivity index (χ0) is 22.4. The summed E-state index contributed by atoms with van der Waals surface area (Å²) in [6, 6.07) is 21.3. The van der Waals surface area contributed by atoms with E-state index in [1.54, 1.807) is 10.4 Å². The first-order valence-corrected chi connectivity index (χ1v) is 13.0. The molecule has 0 spiro atoms. The Balaban J connectivity index is 1.60. The van der Waals surface area contributed by atoms with Crippen molar-refractivity contribution in [1.82, 2.24) is 8.87 Å². The highest BCUT2D eigenvalue weighted by Gasteiger charge is 2.30. The molecule has 0 unspecified atom stereocenters. The van der Waals surface area contributed by atoms with Crippen LogP contribution in [0.25, 0.3) is 6.08 Å². The molecule has 4 rings (SSSR count). The second-order valence-corrected chi connectivity index (χ2v) is 10.5. The third-order valence-electron chi connectivity index (χ3n) is 6.08. The van der Waals surface area contributed by atoms with Crippen molar-refractivity contribution in [3.05, 3.63) is 100 Å². The Morgan fingerprint density at radius 1 is 0.938 bits per heavy atom. The van der Waals surface area contributed by atoms with Gasteiger partial charge in [-0.1, -0.05) is 79.4 Å². The van der Waals surface area contributed by atoms with E-state index in [4.69, 9.17) is 11.6 Å². The van der Waals surface area contributed by atoms with E-state index in [1.807, 2.05) is 72.9 Å². The Labute approximate surface area is 196 Å². The van der Waals surface area contributed by atoms with E-state index in [0.29, 0.717) is 13.1 Å². The van der Waals surface area contributed by atoms with Crippen molar-refractivity contribution in [2.24, 2.45) is 0 Å². The van der Waals surface area contributed by atoms with Crippen LogP contribution >= 0.6 is 11.6 Å². The molecular weight excluding hydrogens is 440 g/mol. The van der Waals surface area contributed by atoms with Crippen molar-refractivity contribution < 1.29 is 8.42 Å². The van der Waals surface area contributed by atoms with Crippen molar-refractivity contribution in [3.63, 3.8) is 0 Å². The van der Waals surface area contributed by atoms with Gasteiger partial charge in [-0.15, -0.1) is 0 Å². The predicted octanol–water partition coefficient (Wildman–Crippen LogP) is 6.33. The molecule has 0 bridgehead atoms. The fourth-order valence-corrected chi connectivity index (χ4v) is 5.94. The molecule has 0 saturated heterocycles. The van der Waals surface area contributed by atoms with Crippen LogP contribution in [0.2, 0.25) is 5.02 Å². The minimum absolute atomic E-state index is 0.0258. The van der Waals surface area contributed by atoms with Crippen LogP contribution in [0.4, 0.5) is 0 Å². The predicted molar refractivity (Wildman–Crippen MR) is 132 cm³/mol. The third kappa shape index (κ3) is 5.71. The van der Waals surface area contributed by atoms with E-state index < -0.39 is 10.0 Å². The van der Waals surface area contributed by atoms with Crippen molar-refractivity contribution in [2.75, 3.05) is 0 Å². The Hall–Kier alpha value is -2.34. The average Bonchev–Trinajstić information content (AvgIpc) is 3.25. The zero-order valence-electron chi connectivity index (χ0n) is 18.1. The molecule has 3 aromatic rings. The fraction of sp³-hybridized carbons (Fsp3) is 0.308. The van der Waals surface area contributed by atoms with Crippen LogP contribution in [0.3, 0.4) is 0 Å². The van der Waals surface area contributed by atoms with Gasteiger partial charge in [0.25, 0.3) is 0 Å². The number of sulfonamides is 1. The summed E-state index contributed by atoms with van der Waals surface area (Å²) in [6.45, 7) is 0.962. The van der Waals surface area contributed by atoms with Crippen LogP contribution in [0.1, 0.15) is 48.9 Å². The number of nitrogens with zero attached hydrogens (tertiary/aromatic N) is 2. The van der Waals surface area contributed by atoms with E-state index in [-0.39, 0.29) is 6.04 Å². The van der Waals surface area contributed by atoms with E-state index in [2.05, 4.69) is 4.57 Å². The van der Waals surface area contributed by atoms with Gasteiger partial charge < -0.3 is 4.57 Å². The van der Waals surface area contributed by atoms with Crippen LogP contribution < -0.4 is 0 Å². The molecule has 1 fully saturated rings. The summed E-state index contributed by atoms with van der Waals surface area (Å²) in [7, 11) is -3.58. The van der Waals surface area contributed by atoms with Gasteiger partial charge in [0.15, 0.2) is 0 Å². The molecule has 2 aromatic carbocycles. The maximum Gasteiger partial charge on any atom is 0.236 e. The largest absolute Gasteiger partial charge is 0.346 e. The van der Waals surface area contributed by atoms with E-state index >= 15 is 0 Å². The van der Waals surface area contributed by atoms with Crippen LogP contribution in [-0.2, 0) is 23.1 Å².